The Labute approximate surface area is 95.6 Å². The predicted octanol–water partition coefficient (Wildman–Crippen LogP) is 2.09. The molecule has 1 rings (SSSR count). The number of carboxylic acids is 1. The van der Waals surface area contributed by atoms with Gasteiger partial charge in [0.25, 0.3) is 0 Å². The van der Waals surface area contributed by atoms with Crippen molar-refractivity contribution in [2.75, 3.05) is 0 Å². The van der Waals surface area contributed by atoms with Crippen LogP contribution >= 0.6 is 23.2 Å². The summed E-state index contributed by atoms with van der Waals surface area (Å²) in [6.45, 7) is 0. The van der Waals surface area contributed by atoms with Gasteiger partial charge < -0.3 is 10.8 Å². The molecular weight excluding hydrogens is 244 g/mol. The summed E-state index contributed by atoms with van der Waals surface area (Å²) in [5.41, 5.74) is 5.79. The van der Waals surface area contributed by atoms with Gasteiger partial charge in [0, 0.05) is 0 Å². The number of nitrogens with two attached hydrogens (primary N) is 1. The molecule has 0 spiro atoms. The van der Waals surface area contributed by atoms with Gasteiger partial charge in [-0.05, 0) is 24.1 Å². The first kappa shape index (κ1) is 12.2. The molecule has 0 saturated heterocycles. The van der Waals surface area contributed by atoms with Gasteiger partial charge >= 0.3 is 5.97 Å². The molecule has 0 saturated carbocycles. The quantitative estimate of drug-likeness (QED) is 0.809. The monoisotopic (exact) mass is 251 g/mol. The van der Waals surface area contributed by atoms with Gasteiger partial charge in [-0.1, -0.05) is 23.2 Å². The van der Waals surface area contributed by atoms with Crippen LogP contribution in [0.1, 0.15) is 5.56 Å². The minimum Gasteiger partial charge on any atom is -0.480 e. The molecule has 0 aliphatic rings. The molecule has 0 bridgehead atoms. The zero-order valence-corrected chi connectivity index (χ0v) is 9.02. The van der Waals surface area contributed by atoms with Gasteiger partial charge in [-0.2, -0.15) is 0 Å². The molecule has 3 N–H and O–H groups in total. The number of rotatable bonds is 3. The van der Waals surface area contributed by atoms with Crippen LogP contribution in [0.15, 0.2) is 12.1 Å². The third kappa shape index (κ3) is 3.06. The molecular formula is C9H8Cl2FNO2. The van der Waals surface area contributed by atoms with Gasteiger partial charge in [-0.3, -0.25) is 4.79 Å². The molecule has 0 radical (unpaired) electrons. The summed E-state index contributed by atoms with van der Waals surface area (Å²) < 4.78 is 13.0. The van der Waals surface area contributed by atoms with Gasteiger partial charge in [0.15, 0.2) is 5.82 Å². The summed E-state index contributed by atoms with van der Waals surface area (Å²) >= 11 is 11.1. The Hall–Kier alpha value is -0.840. The van der Waals surface area contributed by atoms with E-state index in [0.717, 1.165) is 0 Å². The van der Waals surface area contributed by atoms with Crippen LogP contribution in [0.4, 0.5) is 4.39 Å². The van der Waals surface area contributed by atoms with Crippen molar-refractivity contribution >= 4 is 29.2 Å². The molecule has 1 aromatic rings. The molecule has 82 valence electrons. The number of halogens is 3. The Morgan fingerprint density at radius 2 is 1.93 bits per heavy atom. The fourth-order valence-corrected chi connectivity index (χ4v) is 1.60. The smallest absolute Gasteiger partial charge is 0.320 e. The molecule has 1 atom stereocenters. The summed E-state index contributed by atoms with van der Waals surface area (Å²) in [6.07, 6.45) is 0.0506. The molecule has 0 amide bonds. The van der Waals surface area contributed by atoms with Crippen molar-refractivity contribution in [1.82, 2.24) is 0 Å². The lowest BCUT2D eigenvalue weighted by atomic mass is 10.1. The van der Waals surface area contributed by atoms with E-state index < -0.39 is 17.8 Å². The molecule has 0 fully saturated rings. The first-order valence-electron chi connectivity index (χ1n) is 4.03. The second kappa shape index (κ2) is 4.79. The summed E-state index contributed by atoms with van der Waals surface area (Å²) in [5, 5.41) is 8.28. The fourth-order valence-electron chi connectivity index (χ4n) is 1.07. The van der Waals surface area contributed by atoms with Crippen LogP contribution in [0.3, 0.4) is 0 Å². The summed E-state index contributed by atoms with van der Waals surface area (Å²) in [4.78, 5) is 10.5. The van der Waals surface area contributed by atoms with Crippen molar-refractivity contribution in [3.05, 3.63) is 33.6 Å². The maximum atomic E-state index is 13.0. The maximum absolute atomic E-state index is 13.0. The van der Waals surface area contributed by atoms with E-state index in [4.69, 9.17) is 34.0 Å². The van der Waals surface area contributed by atoms with Crippen molar-refractivity contribution in [2.24, 2.45) is 5.73 Å². The van der Waals surface area contributed by atoms with Crippen LogP contribution in [0.5, 0.6) is 0 Å². The third-order valence-electron chi connectivity index (χ3n) is 1.82. The Morgan fingerprint density at radius 1 is 1.47 bits per heavy atom. The highest BCUT2D eigenvalue weighted by Gasteiger charge is 2.14. The normalized spacial score (nSPS) is 12.5. The molecule has 15 heavy (non-hydrogen) atoms. The predicted molar refractivity (Wildman–Crippen MR) is 55.7 cm³/mol. The number of hydrogen-bond donors (Lipinski definition) is 2. The number of carboxylic acid groups (broad SMARTS) is 1. The third-order valence-corrected chi connectivity index (χ3v) is 2.37. The lowest BCUT2D eigenvalue weighted by Gasteiger charge is -2.07. The van der Waals surface area contributed by atoms with E-state index >= 15 is 0 Å². The molecule has 1 unspecified atom stereocenters. The van der Waals surface area contributed by atoms with Crippen LogP contribution in [0.2, 0.25) is 10.0 Å². The summed E-state index contributed by atoms with van der Waals surface area (Å²) in [6, 6.07) is 1.57. The maximum Gasteiger partial charge on any atom is 0.320 e. The van der Waals surface area contributed by atoms with Crippen molar-refractivity contribution < 1.29 is 14.3 Å². The van der Waals surface area contributed by atoms with E-state index in [1.807, 2.05) is 0 Å². The highest BCUT2D eigenvalue weighted by Crippen LogP contribution is 2.25. The van der Waals surface area contributed by atoms with Crippen LogP contribution in [0, 0.1) is 5.82 Å². The molecule has 6 heteroatoms. The average molecular weight is 252 g/mol. The van der Waals surface area contributed by atoms with E-state index in [9.17, 15) is 9.18 Å². The average Bonchev–Trinajstić information content (AvgIpc) is 2.13. The van der Waals surface area contributed by atoms with Crippen molar-refractivity contribution in [3.63, 3.8) is 0 Å². The highest BCUT2D eigenvalue weighted by atomic mass is 35.5. The Balaban J connectivity index is 2.92. The molecule has 0 aliphatic heterocycles. The van der Waals surface area contributed by atoms with Crippen molar-refractivity contribution in [1.29, 1.82) is 0 Å². The SMILES string of the molecule is NC(Cc1cc(Cl)c(F)c(Cl)c1)C(=O)O. The van der Waals surface area contributed by atoms with Crippen LogP contribution < -0.4 is 5.73 Å². The van der Waals surface area contributed by atoms with E-state index in [0.29, 0.717) is 5.56 Å². The molecule has 0 aromatic heterocycles. The van der Waals surface area contributed by atoms with E-state index in [-0.39, 0.29) is 16.5 Å². The Kier molecular flexibility index (Phi) is 3.90. The molecule has 3 nitrogen and oxygen atoms in total. The molecule has 1 aromatic carbocycles. The zero-order chi connectivity index (χ0) is 11.6. The van der Waals surface area contributed by atoms with Crippen LogP contribution in [-0.2, 0) is 11.2 Å². The summed E-state index contributed by atoms with van der Waals surface area (Å²) in [7, 11) is 0. The lowest BCUT2D eigenvalue weighted by Crippen LogP contribution is -2.32. The molecule has 0 heterocycles. The van der Waals surface area contributed by atoms with Crippen molar-refractivity contribution in [3.8, 4) is 0 Å². The number of benzene rings is 1. The second-order valence-electron chi connectivity index (χ2n) is 3.02. The second-order valence-corrected chi connectivity index (χ2v) is 3.84. The van der Waals surface area contributed by atoms with E-state index in [2.05, 4.69) is 0 Å². The Morgan fingerprint density at radius 3 is 2.33 bits per heavy atom. The van der Waals surface area contributed by atoms with Crippen LogP contribution in [-0.4, -0.2) is 17.1 Å². The van der Waals surface area contributed by atoms with Gasteiger partial charge in [0.1, 0.15) is 6.04 Å². The van der Waals surface area contributed by atoms with Gasteiger partial charge in [-0.25, -0.2) is 4.39 Å². The largest absolute Gasteiger partial charge is 0.480 e. The first-order valence-corrected chi connectivity index (χ1v) is 4.79. The number of aliphatic carboxylic acids is 1. The topological polar surface area (TPSA) is 63.3 Å². The van der Waals surface area contributed by atoms with Crippen LogP contribution in [0.25, 0.3) is 0 Å². The minimum absolute atomic E-state index is 0.0506. The van der Waals surface area contributed by atoms with E-state index in [1.165, 1.54) is 12.1 Å². The first-order chi connectivity index (χ1) is 6.91. The Bertz CT molecular complexity index is 375. The summed E-state index contributed by atoms with van der Waals surface area (Å²) in [5.74, 6) is -1.85. The van der Waals surface area contributed by atoms with Gasteiger partial charge in [0.05, 0.1) is 10.0 Å². The molecule has 0 aliphatic carbocycles. The van der Waals surface area contributed by atoms with Gasteiger partial charge in [0.2, 0.25) is 0 Å². The zero-order valence-electron chi connectivity index (χ0n) is 7.51. The van der Waals surface area contributed by atoms with Crippen molar-refractivity contribution in [2.45, 2.75) is 12.5 Å². The van der Waals surface area contributed by atoms with Gasteiger partial charge in [-0.15, -0.1) is 0 Å². The fraction of sp³-hybridized carbons (Fsp3) is 0.222. The number of carbonyl (C=O) groups is 1. The highest BCUT2D eigenvalue weighted by molar-refractivity contribution is 6.35. The minimum atomic E-state index is -1.13. The lowest BCUT2D eigenvalue weighted by molar-refractivity contribution is -0.138. The van der Waals surface area contributed by atoms with E-state index in [1.54, 1.807) is 0 Å². The number of hydrogen-bond acceptors (Lipinski definition) is 2. The standard InChI is InChI=1S/C9H8Cl2FNO2/c10-5-1-4(2-6(11)8(5)12)3-7(13)9(14)15/h1-2,7H,3,13H2,(H,14,15).